The van der Waals surface area contributed by atoms with Crippen LogP contribution in [0.4, 0.5) is 4.39 Å². The molecule has 2 heterocycles. The van der Waals surface area contributed by atoms with E-state index in [2.05, 4.69) is 5.32 Å². The molecule has 2 aliphatic rings. The van der Waals surface area contributed by atoms with Crippen LogP contribution in [0.1, 0.15) is 5.56 Å². The first kappa shape index (κ1) is 15.7. The number of rotatable bonds is 2. The number of hydrogen-bond acceptors (Lipinski definition) is 3. The predicted octanol–water partition coefficient (Wildman–Crippen LogP) is 1.40. The molecule has 0 aromatic heterocycles. The van der Waals surface area contributed by atoms with Crippen molar-refractivity contribution in [3.8, 4) is 0 Å². The molecule has 0 unspecified atom stereocenters. The van der Waals surface area contributed by atoms with Crippen molar-refractivity contribution in [1.82, 2.24) is 9.62 Å². The van der Waals surface area contributed by atoms with Crippen LogP contribution >= 0.6 is 12.4 Å². The molecule has 1 aromatic carbocycles. The number of nitrogens with one attached hydrogen (secondary N) is 1. The fourth-order valence-electron chi connectivity index (χ4n) is 2.97. The fourth-order valence-corrected chi connectivity index (χ4v) is 4.66. The average Bonchev–Trinajstić information content (AvgIpc) is 2.92. The van der Waals surface area contributed by atoms with Crippen molar-refractivity contribution >= 4 is 22.4 Å². The minimum atomic E-state index is -3.70. The lowest BCUT2D eigenvalue weighted by Gasteiger charge is -2.18. The van der Waals surface area contributed by atoms with Gasteiger partial charge in [0.2, 0.25) is 10.0 Å². The van der Waals surface area contributed by atoms with Crippen molar-refractivity contribution < 1.29 is 12.8 Å². The van der Waals surface area contributed by atoms with Crippen molar-refractivity contribution in [2.24, 2.45) is 11.8 Å². The van der Waals surface area contributed by atoms with Gasteiger partial charge in [-0.2, -0.15) is 4.31 Å². The minimum absolute atomic E-state index is 0. The van der Waals surface area contributed by atoms with Crippen molar-refractivity contribution in [3.05, 3.63) is 29.6 Å². The Balaban J connectivity index is 0.00000147. The summed E-state index contributed by atoms with van der Waals surface area (Å²) in [5.41, 5.74) is 0.363. The molecular formula is C13H18ClFN2O2S. The highest BCUT2D eigenvalue weighted by molar-refractivity contribution is 7.89. The van der Waals surface area contributed by atoms with Crippen LogP contribution in [0.5, 0.6) is 0 Å². The molecule has 2 aliphatic heterocycles. The Morgan fingerprint density at radius 3 is 2.45 bits per heavy atom. The molecule has 0 aliphatic carbocycles. The van der Waals surface area contributed by atoms with E-state index in [0.29, 0.717) is 30.5 Å². The van der Waals surface area contributed by atoms with E-state index in [-0.39, 0.29) is 17.3 Å². The molecule has 1 aromatic rings. The van der Waals surface area contributed by atoms with Gasteiger partial charge in [0.15, 0.2) is 0 Å². The molecule has 1 N–H and O–H groups in total. The highest BCUT2D eigenvalue weighted by Crippen LogP contribution is 2.31. The molecular weight excluding hydrogens is 303 g/mol. The lowest BCUT2D eigenvalue weighted by Crippen LogP contribution is -2.32. The molecule has 0 amide bonds. The Kier molecular flexibility index (Phi) is 4.39. The molecule has 2 atom stereocenters. The van der Waals surface area contributed by atoms with Gasteiger partial charge in [-0.1, -0.05) is 12.1 Å². The number of benzene rings is 1. The summed E-state index contributed by atoms with van der Waals surface area (Å²) in [6.07, 6.45) is 0. The quantitative estimate of drug-likeness (QED) is 0.896. The smallest absolute Gasteiger partial charge is 0.246 e. The molecule has 0 spiro atoms. The third-order valence-corrected chi connectivity index (χ3v) is 5.98. The molecule has 20 heavy (non-hydrogen) atoms. The second-order valence-corrected chi connectivity index (χ2v) is 7.29. The van der Waals surface area contributed by atoms with Crippen molar-refractivity contribution in [2.75, 3.05) is 26.2 Å². The van der Waals surface area contributed by atoms with Gasteiger partial charge in [0, 0.05) is 13.1 Å². The van der Waals surface area contributed by atoms with E-state index in [0.717, 1.165) is 13.1 Å². The summed E-state index contributed by atoms with van der Waals surface area (Å²) < 4.78 is 40.5. The first-order chi connectivity index (χ1) is 9.00. The van der Waals surface area contributed by atoms with E-state index < -0.39 is 15.8 Å². The van der Waals surface area contributed by atoms with Gasteiger partial charge in [-0.3, -0.25) is 0 Å². The summed E-state index contributed by atoms with van der Waals surface area (Å²) in [7, 11) is -3.70. The second kappa shape index (κ2) is 5.60. The van der Waals surface area contributed by atoms with Gasteiger partial charge in [0.25, 0.3) is 0 Å². The van der Waals surface area contributed by atoms with Crippen LogP contribution in [0.2, 0.25) is 0 Å². The van der Waals surface area contributed by atoms with Crippen LogP contribution in [-0.4, -0.2) is 38.9 Å². The molecule has 3 rings (SSSR count). The summed E-state index contributed by atoms with van der Waals surface area (Å²) in [5, 5.41) is 3.26. The van der Waals surface area contributed by atoms with Crippen molar-refractivity contribution in [1.29, 1.82) is 0 Å². The standard InChI is InChI=1S/C13H17FN2O2S.ClH/c1-9-3-2-4-12(13(9)14)19(17,18)16-7-10-5-15-6-11(10)8-16;/h2-4,10-11,15H,5-8H2,1H3;1H/t10-,11+;. The first-order valence-electron chi connectivity index (χ1n) is 6.46. The van der Waals surface area contributed by atoms with Gasteiger partial charge in [0.1, 0.15) is 10.7 Å². The zero-order valence-corrected chi connectivity index (χ0v) is 12.8. The number of aryl methyl sites for hydroxylation is 1. The van der Waals surface area contributed by atoms with Crippen LogP contribution in [0.3, 0.4) is 0 Å². The highest BCUT2D eigenvalue weighted by Gasteiger charge is 2.42. The van der Waals surface area contributed by atoms with E-state index in [1.807, 2.05) is 0 Å². The molecule has 4 nitrogen and oxygen atoms in total. The lowest BCUT2D eigenvalue weighted by atomic mass is 10.0. The Morgan fingerprint density at radius 2 is 1.85 bits per heavy atom. The number of fused-ring (bicyclic) bond motifs is 1. The van der Waals surface area contributed by atoms with Gasteiger partial charge >= 0.3 is 0 Å². The Hall–Kier alpha value is -0.690. The topological polar surface area (TPSA) is 49.4 Å². The van der Waals surface area contributed by atoms with E-state index >= 15 is 0 Å². The van der Waals surface area contributed by atoms with E-state index in [4.69, 9.17) is 0 Å². The summed E-state index contributed by atoms with van der Waals surface area (Å²) in [5.74, 6) is 0.1000. The Bertz CT molecular complexity index is 596. The van der Waals surface area contributed by atoms with Gasteiger partial charge < -0.3 is 5.32 Å². The van der Waals surface area contributed by atoms with Gasteiger partial charge in [-0.05, 0) is 43.5 Å². The molecule has 0 saturated carbocycles. The van der Waals surface area contributed by atoms with Crippen LogP contribution in [0.25, 0.3) is 0 Å². The number of halogens is 2. The van der Waals surface area contributed by atoms with E-state index in [1.54, 1.807) is 19.1 Å². The second-order valence-electron chi connectivity index (χ2n) is 5.39. The minimum Gasteiger partial charge on any atom is -0.316 e. The largest absolute Gasteiger partial charge is 0.316 e. The maximum atomic E-state index is 14.0. The van der Waals surface area contributed by atoms with Gasteiger partial charge in [0.05, 0.1) is 0 Å². The average molecular weight is 321 g/mol. The summed E-state index contributed by atoms with van der Waals surface area (Å²) in [4.78, 5) is -0.194. The SMILES string of the molecule is Cc1cccc(S(=O)(=O)N2C[C@H]3CNC[C@H]3C2)c1F.Cl. The fraction of sp³-hybridized carbons (Fsp3) is 0.538. The molecule has 7 heteroatoms. The number of nitrogens with zero attached hydrogens (tertiary/aromatic N) is 1. The van der Waals surface area contributed by atoms with Gasteiger partial charge in [-0.15, -0.1) is 12.4 Å². The summed E-state index contributed by atoms with van der Waals surface area (Å²) in [6, 6.07) is 4.52. The number of sulfonamides is 1. The van der Waals surface area contributed by atoms with Crippen LogP contribution in [-0.2, 0) is 10.0 Å². The van der Waals surface area contributed by atoms with E-state index in [1.165, 1.54) is 10.4 Å². The van der Waals surface area contributed by atoms with Gasteiger partial charge in [-0.25, -0.2) is 12.8 Å². The predicted molar refractivity (Wildman–Crippen MR) is 77.0 cm³/mol. The van der Waals surface area contributed by atoms with Crippen LogP contribution in [0, 0.1) is 24.6 Å². The zero-order chi connectivity index (χ0) is 13.6. The Morgan fingerprint density at radius 1 is 1.25 bits per heavy atom. The molecule has 2 fully saturated rings. The summed E-state index contributed by atoms with van der Waals surface area (Å²) in [6.45, 7) is 4.28. The molecule has 0 radical (unpaired) electrons. The maximum absolute atomic E-state index is 14.0. The summed E-state index contributed by atoms with van der Waals surface area (Å²) >= 11 is 0. The third kappa shape index (κ3) is 2.45. The molecule has 2 saturated heterocycles. The lowest BCUT2D eigenvalue weighted by molar-refractivity contribution is 0.442. The monoisotopic (exact) mass is 320 g/mol. The van der Waals surface area contributed by atoms with Crippen molar-refractivity contribution in [3.63, 3.8) is 0 Å². The normalized spacial score (nSPS) is 26.3. The molecule has 0 bridgehead atoms. The first-order valence-corrected chi connectivity index (χ1v) is 7.90. The highest BCUT2D eigenvalue weighted by atomic mass is 35.5. The van der Waals surface area contributed by atoms with Crippen molar-refractivity contribution in [2.45, 2.75) is 11.8 Å². The third-order valence-electron chi connectivity index (χ3n) is 4.13. The molecule has 112 valence electrons. The Labute approximate surface area is 124 Å². The van der Waals surface area contributed by atoms with E-state index in [9.17, 15) is 12.8 Å². The number of hydrogen-bond donors (Lipinski definition) is 1. The van der Waals surface area contributed by atoms with Crippen LogP contribution < -0.4 is 5.32 Å². The van der Waals surface area contributed by atoms with Crippen LogP contribution in [0.15, 0.2) is 23.1 Å². The maximum Gasteiger partial charge on any atom is 0.246 e. The zero-order valence-electron chi connectivity index (χ0n) is 11.2.